The van der Waals surface area contributed by atoms with Crippen LogP contribution < -0.4 is 0 Å². The van der Waals surface area contributed by atoms with E-state index < -0.39 is 11.4 Å². The Hall–Kier alpha value is -0.610. The first kappa shape index (κ1) is 9.48. The lowest BCUT2D eigenvalue weighted by Crippen LogP contribution is -2.27. The molecular weight excluding hydrogens is 198 g/mol. The van der Waals surface area contributed by atoms with Gasteiger partial charge in [0, 0.05) is 11.1 Å². The van der Waals surface area contributed by atoms with Crippen molar-refractivity contribution in [2.75, 3.05) is 0 Å². The highest BCUT2D eigenvalue weighted by Gasteiger charge is 2.31. The molecule has 1 aromatic heterocycles. The summed E-state index contributed by atoms with van der Waals surface area (Å²) in [6, 6.07) is 0. The molecule has 1 heterocycles. The molecule has 0 unspecified atom stereocenters. The van der Waals surface area contributed by atoms with Gasteiger partial charge < -0.3 is 5.11 Å². The summed E-state index contributed by atoms with van der Waals surface area (Å²) in [5, 5.41) is 8.84. The Morgan fingerprint density at radius 2 is 2.33 bits per heavy atom. The number of nitrogens with zero attached hydrogens (tertiary/aromatic N) is 1. The van der Waals surface area contributed by atoms with Crippen LogP contribution in [0.3, 0.4) is 0 Å². The number of hydrogen-bond donors (Lipinski definition) is 1. The maximum Gasteiger partial charge on any atom is 0.314 e. The third-order valence-corrected chi connectivity index (χ3v) is 3.07. The van der Waals surface area contributed by atoms with E-state index in [1.165, 1.54) is 17.5 Å². The van der Waals surface area contributed by atoms with Crippen LogP contribution in [0.5, 0.6) is 0 Å². The van der Waals surface area contributed by atoms with Crippen LogP contribution in [0.2, 0.25) is 4.47 Å². The van der Waals surface area contributed by atoms with Gasteiger partial charge in [-0.3, -0.25) is 4.79 Å². The highest BCUT2D eigenvalue weighted by Crippen LogP contribution is 2.30. The lowest BCUT2D eigenvalue weighted by atomic mass is 9.93. The van der Waals surface area contributed by atoms with E-state index >= 15 is 0 Å². The maximum absolute atomic E-state index is 10.8. The third-order valence-electron chi connectivity index (χ3n) is 1.63. The molecule has 0 aliphatic carbocycles. The molecule has 1 N–H and O–H groups in total. The van der Waals surface area contributed by atoms with Gasteiger partial charge in [-0.25, -0.2) is 4.98 Å². The fraction of sp³-hybridized carbons (Fsp3) is 0.429. The molecule has 0 aliphatic rings. The predicted octanol–water partition coefficient (Wildman–Crippen LogP) is 2.16. The lowest BCUT2D eigenvalue weighted by Gasteiger charge is -2.15. The van der Waals surface area contributed by atoms with Gasteiger partial charge in [-0.15, -0.1) is 11.3 Å². The topological polar surface area (TPSA) is 50.2 Å². The molecule has 0 saturated carbocycles. The minimum absolute atomic E-state index is 0.374. The molecular formula is C7H8ClNO2S. The summed E-state index contributed by atoms with van der Waals surface area (Å²) in [5.41, 5.74) is -0.898. The summed E-state index contributed by atoms with van der Waals surface area (Å²) in [7, 11) is 0. The Balaban J connectivity index is 3.05. The Kier molecular flexibility index (Phi) is 2.39. The minimum Gasteiger partial charge on any atom is -0.481 e. The number of halogens is 1. The van der Waals surface area contributed by atoms with Crippen LogP contribution in [0.15, 0.2) is 6.20 Å². The van der Waals surface area contributed by atoms with Crippen molar-refractivity contribution in [3.63, 3.8) is 0 Å². The zero-order valence-corrected chi connectivity index (χ0v) is 8.24. The number of aromatic nitrogens is 1. The molecule has 0 spiro atoms. The van der Waals surface area contributed by atoms with Crippen molar-refractivity contribution < 1.29 is 9.90 Å². The minimum atomic E-state index is -0.898. The van der Waals surface area contributed by atoms with E-state index in [1.807, 2.05) is 0 Å². The number of hydrogen-bond acceptors (Lipinski definition) is 3. The van der Waals surface area contributed by atoms with Crippen LogP contribution in [-0.2, 0) is 10.2 Å². The van der Waals surface area contributed by atoms with E-state index in [1.54, 1.807) is 13.8 Å². The SMILES string of the molecule is CC(C)(C(=O)O)c1cnc(Cl)s1. The average molecular weight is 206 g/mol. The predicted molar refractivity (Wildman–Crippen MR) is 47.8 cm³/mol. The summed E-state index contributed by atoms with van der Waals surface area (Å²) >= 11 is 6.78. The average Bonchev–Trinajstić information content (AvgIpc) is 2.35. The van der Waals surface area contributed by atoms with E-state index in [0.29, 0.717) is 9.34 Å². The first-order valence-electron chi connectivity index (χ1n) is 3.30. The number of carbonyl (C=O) groups is 1. The lowest BCUT2D eigenvalue weighted by molar-refractivity contribution is -0.142. The van der Waals surface area contributed by atoms with Crippen LogP contribution >= 0.6 is 22.9 Å². The summed E-state index contributed by atoms with van der Waals surface area (Å²) in [6.45, 7) is 3.25. The molecule has 0 radical (unpaired) electrons. The van der Waals surface area contributed by atoms with Crippen molar-refractivity contribution in [1.29, 1.82) is 0 Å². The van der Waals surface area contributed by atoms with Gasteiger partial charge >= 0.3 is 5.97 Å². The molecule has 0 fully saturated rings. The summed E-state index contributed by atoms with van der Waals surface area (Å²) in [6.07, 6.45) is 1.50. The number of aliphatic carboxylic acids is 1. The van der Waals surface area contributed by atoms with Crippen LogP contribution in [0.25, 0.3) is 0 Å². The van der Waals surface area contributed by atoms with Crippen molar-refractivity contribution in [3.05, 3.63) is 15.5 Å². The Morgan fingerprint density at radius 3 is 2.67 bits per heavy atom. The zero-order chi connectivity index (χ0) is 9.35. The first-order valence-corrected chi connectivity index (χ1v) is 4.49. The molecule has 0 bridgehead atoms. The van der Waals surface area contributed by atoms with Crippen LogP contribution in [0.4, 0.5) is 0 Å². The molecule has 1 aromatic rings. The maximum atomic E-state index is 10.8. The standard InChI is InChI=1S/C7H8ClNO2S/c1-7(2,5(10)11)4-3-9-6(8)12-4/h3H,1-2H3,(H,10,11). The number of rotatable bonds is 2. The van der Waals surface area contributed by atoms with Crippen molar-refractivity contribution in [2.24, 2.45) is 0 Å². The van der Waals surface area contributed by atoms with E-state index in [4.69, 9.17) is 16.7 Å². The molecule has 0 aliphatic heterocycles. The van der Waals surface area contributed by atoms with Crippen LogP contribution in [0, 0.1) is 0 Å². The summed E-state index contributed by atoms with van der Waals surface area (Å²) < 4.78 is 0.374. The largest absolute Gasteiger partial charge is 0.481 e. The fourth-order valence-corrected chi connectivity index (χ4v) is 1.68. The fourth-order valence-electron chi connectivity index (χ4n) is 0.647. The molecule has 0 saturated heterocycles. The quantitative estimate of drug-likeness (QED) is 0.805. The van der Waals surface area contributed by atoms with Gasteiger partial charge in [0.15, 0.2) is 4.47 Å². The van der Waals surface area contributed by atoms with E-state index in [9.17, 15) is 4.79 Å². The highest BCUT2D eigenvalue weighted by molar-refractivity contribution is 7.15. The zero-order valence-electron chi connectivity index (χ0n) is 6.67. The summed E-state index contributed by atoms with van der Waals surface area (Å²) in [4.78, 5) is 15.2. The third kappa shape index (κ3) is 1.59. The van der Waals surface area contributed by atoms with Crippen molar-refractivity contribution in [1.82, 2.24) is 4.98 Å². The molecule has 0 aromatic carbocycles. The molecule has 0 amide bonds. The van der Waals surface area contributed by atoms with Crippen LogP contribution in [0.1, 0.15) is 18.7 Å². The van der Waals surface area contributed by atoms with Crippen molar-refractivity contribution >= 4 is 28.9 Å². The van der Waals surface area contributed by atoms with Gasteiger partial charge in [0.2, 0.25) is 0 Å². The van der Waals surface area contributed by atoms with Gasteiger partial charge in [-0.05, 0) is 13.8 Å². The van der Waals surface area contributed by atoms with Crippen molar-refractivity contribution in [3.8, 4) is 0 Å². The number of carboxylic acid groups (broad SMARTS) is 1. The first-order chi connectivity index (χ1) is 5.44. The molecule has 5 heteroatoms. The molecule has 3 nitrogen and oxygen atoms in total. The van der Waals surface area contributed by atoms with E-state index in [2.05, 4.69) is 4.98 Å². The van der Waals surface area contributed by atoms with Crippen LogP contribution in [-0.4, -0.2) is 16.1 Å². The van der Waals surface area contributed by atoms with Gasteiger partial charge in [0.25, 0.3) is 0 Å². The van der Waals surface area contributed by atoms with E-state index in [0.717, 1.165) is 0 Å². The smallest absolute Gasteiger partial charge is 0.314 e. The Labute approximate surface area is 79.0 Å². The van der Waals surface area contributed by atoms with Gasteiger partial charge in [0.1, 0.15) is 0 Å². The Bertz CT molecular complexity index is 308. The summed E-state index contributed by atoms with van der Waals surface area (Å²) in [5.74, 6) is -0.872. The molecule has 1 rings (SSSR count). The second-order valence-electron chi connectivity index (χ2n) is 2.91. The number of thiazole rings is 1. The van der Waals surface area contributed by atoms with Gasteiger partial charge in [-0.1, -0.05) is 11.6 Å². The molecule has 0 atom stereocenters. The van der Waals surface area contributed by atoms with Gasteiger partial charge in [0.05, 0.1) is 5.41 Å². The monoisotopic (exact) mass is 205 g/mol. The highest BCUT2D eigenvalue weighted by atomic mass is 35.5. The normalized spacial score (nSPS) is 11.6. The molecule has 66 valence electrons. The Morgan fingerprint density at radius 1 is 1.75 bits per heavy atom. The van der Waals surface area contributed by atoms with Gasteiger partial charge in [-0.2, -0.15) is 0 Å². The second-order valence-corrected chi connectivity index (χ2v) is 4.52. The van der Waals surface area contributed by atoms with Crippen molar-refractivity contribution in [2.45, 2.75) is 19.3 Å². The molecule has 12 heavy (non-hydrogen) atoms. The van der Waals surface area contributed by atoms with E-state index in [-0.39, 0.29) is 0 Å². The number of carboxylic acids is 1. The second kappa shape index (κ2) is 3.03.